The number of hydrogen-bond donors (Lipinski definition) is 2. The first kappa shape index (κ1) is 20.3. The highest BCUT2D eigenvalue weighted by Crippen LogP contribution is 2.35. The molecule has 2 aromatic rings. The molecule has 0 radical (unpaired) electrons. The predicted molar refractivity (Wildman–Crippen MR) is 111 cm³/mol. The maximum absolute atomic E-state index is 13.9. The zero-order valence-electron chi connectivity index (χ0n) is 15.3. The standard InChI is InChI=1S/C21H18FN3O3S/c1-3-23-21(29-4-2)24-19(27)18(16-11-14(22)9-10-17(16)26)25-12-13-7-5-6-8-15(13)20(25)28/h3-11,18,26H,1-2,12H2,(H,23,24,27). The van der Waals surface area contributed by atoms with Crippen molar-refractivity contribution < 1.29 is 19.1 Å². The summed E-state index contributed by atoms with van der Waals surface area (Å²) in [6.07, 6.45) is 1.25. The van der Waals surface area contributed by atoms with Gasteiger partial charge in [0.25, 0.3) is 11.8 Å². The normalized spacial score (nSPS) is 14.3. The van der Waals surface area contributed by atoms with Crippen LogP contribution in [-0.2, 0) is 11.3 Å². The molecule has 0 saturated carbocycles. The van der Waals surface area contributed by atoms with Gasteiger partial charge in [0, 0.05) is 23.9 Å². The van der Waals surface area contributed by atoms with Crippen molar-refractivity contribution in [2.45, 2.75) is 12.6 Å². The summed E-state index contributed by atoms with van der Waals surface area (Å²) in [5.41, 5.74) is 1.18. The number of nitrogens with one attached hydrogen (secondary N) is 1. The zero-order chi connectivity index (χ0) is 21.0. The number of amidine groups is 1. The van der Waals surface area contributed by atoms with Crippen molar-refractivity contribution in [2.75, 3.05) is 0 Å². The second-order valence-corrected chi connectivity index (χ2v) is 7.04. The van der Waals surface area contributed by atoms with Crippen LogP contribution in [-0.4, -0.2) is 27.0 Å². The second-order valence-electron chi connectivity index (χ2n) is 6.09. The lowest BCUT2D eigenvalue weighted by Gasteiger charge is -2.27. The number of thioether (sulfide) groups is 1. The van der Waals surface area contributed by atoms with E-state index in [4.69, 9.17) is 0 Å². The molecular weight excluding hydrogens is 393 g/mol. The number of phenols is 1. The number of nitrogens with zero attached hydrogens (tertiary/aromatic N) is 2. The molecular formula is C21H18FN3O3S. The van der Waals surface area contributed by atoms with Crippen LogP contribution >= 0.6 is 11.8 Å². The number of phenolic OH excluding ortho intramolecular Hbond substituents is 1. The monoisotopic (exact) mass is 411 g/mol. The number of benzene rings is 2. The molecule has 1 aliphatic heterocycles. The summed E-state index contributed by atoms with van der Waals surface area (Å²) in [6, 6.07) is 8.96. The van der Waals surface area contributed by atoms with Gasteiger partial charge in [-0.2, -0.15) is 0 Å². The molecule has 0 aliphatic carbocycles. The van der Waals surface area contributed by atoms with E-state index in [2.05, 4.69) is 23.5 Å². The molecule has 2 aromatic carbocycles. The van der Waals surface area contributed by atoms with Gasteiger partial charge in [0.15, 0.2) is 5.17 Å². The van der Waals surface area contributed by atoms with Crippen molar-refractivity contribution in [3.05, 3.63) is 89.7 Å². The molecule has 1 heterocycles. The Balaban J connectivity index is 2.04. The van der Waals surface area contributed by atoms with Crippen molar-refractivity contribution in [3.63, 3.8) is 0 Å². The Kier molecular flexibility index (Phi) is 6.13. The van der Waals surface area contributed by atoms with Gasteiger partial charge in [-0.05, 0) is 35.2 Å². The summed E-state index contributed by atoms with van der Waals surface area (Å²) in [5.74, 6) is -1.97. The minimum atomic E-state index is -1.27. The van der Waals surface area contributed by atoms with E-state index in [9.17, 15) is 19.1 Å². The van der Waals surface area contributed by atoms with Crippen LogP contribution < -0.4 is 5.32 Å². The minimum Gasteiger partial charge on any atom is -0.508 e. The first-order valence-corrected chi connectivity index (χ1v) is 9.48. The maximum atomic E-state index is 13.9. The Hall–Kier alpha value is -3.39. The van der Waals surface area contributed by atoms with E-state index in [1.807, 2.05) is 0 Å². The summed E-state index contributed by atoms with van der Waals surface area (Å²) in [4.78, 5) is 31.3. The molecule has 0 spiro atoms. The van der Waals surface area contributed by atoms with Gasteiger partial charge < -0.3 is 15.3 Å². The van der Waals surface area contributed by atoms with Crippen LogP contribution in [0.3, 0.4) is 0 Å². The molecule has 0 aromatic heterocycles. The van der Waals surface area contributed by atoms with Gasteiger partial charge in [0.2, 0.25) is 0 Å². The summed E-state index contributed by atoms with van der Waals surface area (Å²) in [7, 11) is 0. The fourth-order valence-electron chi connectivity index (χ4n) is 3.11. The number of rotatable bonds is 5. The van der Waals surface area contributed by atoms with Gasteiger partial charge >= 0.3 is 0 Å². The lowest BCUT2D eigenvalue weighted by atomic mass is 10.0. The highest BCUT2D eigenvalue weighted by Gasteiger charge is 2.39. The number of amides is 2. The van der Waals surface area contributed by atoms with Crippen LogP contribution in [0.1, 0.15) is 27.5 Å². The van der Waals surface area contributed by atoms with Crippen LogP contribution in [0.25, 0.3) is 0 Å². The molecule has 29 heavy (non-hydrogen) atoms. The number of carbonyl (C=O) groups excluding carboxylic acids is 2. The van der Waals surface area contributed by atoms with E-state index in [-0.39, 0.29) is 28.9 Å². The molecule has 1 aliphatic rings. The molecule has 0 saturated heterocycles. The molecule has 0 fully saturated rings. The molecule has 2 N–H and O–H groups in total. The summed E-state index contributed by atoms with van der Waals surface area (Å²) in [5, 5.41) is 14.6. The van der Waals surface area contributed by atoms with Crippen LogP contribution in [0.4, 0.5) is 4.39 Å². The van der Waals surface area contributed by atoms with Crippen LogP contribution in [0.5, 0.6) is 5.75 Å². The smallest absolute Gasteiger partial charge is 0.255 e. The first-order chi connectivity index (χ1) is 14.0. The first-order valence-electron chi connectivity index (χ1n) is 8.60. The van der Waals surface area contributed by atoms with Crippen LogP contribution in [0, 0.1) is 5.82 Å². The van der Waals surface area contributed by atoms with Crippen molar-refractivity contribution >= 4 is 28.7 Å². The van der Waals surface area contributed by atoms with Crippen molar-refractivity contribution in [1.29, 1.82) is 0 Å². The Labute approximate surface area is 171 Å². The molecule has 1 unspecified atom stereocenters. The van der Waals surface area contributed by atoms with Gasteiger partial charge in [-0.1, -0.05) is 43.1 Å². The molecule has 3 rings (SSSR count). The van der Waals surface area contributed by atoms with E-state index in [1.165, 1.54) is 16.5 Å². The summed E-state index contributed by atoms with van der Waals surface area (Å²) < 4.78 is 13.9. The third-order valence-corrected chi connectivity index (χ3v) is 4.92. The second kappa shape index (κ2) is 8.74. The zero-order valence-corrected chi connectivity index (χ0v) is 16.2. The number of aromatic hydroxyl groups is 1. The van der Waals surface area contributed by atoms with Gasteiger partial charge in [0.05, 0.1) is 0 Å². The third kappa shape index (κ3) is 4.22. The highest BCUT2D eigenvalue weighted by molar-refractivity contribution is 8.16. The van der Waals surface area contributed by atoms with E-state index < -0.39 is 17.8 Å². The van der Waals surface area contributed by atoms with Gasteiger partial charge in [0.1, 0.15) is 17.6 Å². The van der Waals surface area contributed by atoms with E-state index in [0.717, 1.165) is 35.5 Å². The molecule has 1 atom stereocenters. The largest absolute Gasteiger partial charge is 0.508 e. The average molecular weight is 411 g/mol. The number of fused-ring (bicyclic) bond motifs is 1. The number of aliphatic imine (C=N–C) groups is 1. The van der Waals surface area contributed by atoms with Gasteiger partial charge in [-0.15, -0.1) is 0 Å². The number of halogens is 1. The van der Waals surface area contributed by atoms with Crippen molar-refractivity contribution in [1.82, 2.24) is 10.2 Å². The Morgan fingerprint density at radius 1 is 1.31 bits per heavy atom. The third-order valence-electron chi connectivity index (χ3n) is 4.33. The Morgan fingerprint density at radius 3 is 2.76 bits per heavy atom. The summed E-state index contributed by atoms with van der Waals surface area (Å²) in [6.45, 7) is 7.22. The van der Waals surface area contributed by atoms with E-state index in [0.29, 0.717) is 5.56 Å². The van der Waals surface area contributed by atoms with E-state index >= 15 is 0 Å². The lowest BCUT2D eigenvalue weighted by Crippen LogP contribution is -2.42. The topological polar surface area (TPSA) is 82.0 Å². The fraction of sp³-hybridized carbons (Fsp3) is 0.0952. The van der Waals surface area contributed by atoms with Crippen molar-refractivity contribution in [2.24, 2.45) is 4.99 Å². The predicted octanol–water partition coefficient (Wildman–Crippen LogP) is 3.72. The minimum absolute atomic E-state index is 0.0230. The van der Waals surface area contributed by atoms with E-state index in [1.54, 1.807) is 24.3 Å². The fourth-order valence-corrected chi connectivity index (χ4v) is 3.56. The van der Waals surface area contributed by atoms with Crippen LogP contribution in [0.2, 0.25) is 0 Å². The summed E-state index contributed by atoms with van der Waals surface area (Å²) >= 11 is 1.05. The molecule has 8 heteroatoms. The SMILES string of the molecule is C=C/N=C(/NC(=O)C(c1cc(F)ccc1O)N1Cc2ccccc2C1=O)SC=C. The number of carbonyl (C=O) groups is 2. The van der Waals surface area contributed by atoms with Crippen LogP contribution in [0.15, 0.2) is 72.2 Å². The maximum Gasteiger partial charge on any atom is 0.255 e. The molecule has 0 bridgehead atoms. The Morgan fingerprint density at radius 2 is 2.07 bits per heavy atom. The van der Waals surface area contributed by atoms with Gasteiger partial charge in [-0.25, -0.2) is 9.38 Å². The average Bonchev–Trinajstić information content (AvgIpc) is 3.02. The quantitative estimate of drug-likeness (QED) is 0.580. The van der Waals surface area contributed by atoms with Crippen molar-refractivity contribution in [3.8, 4) is 5.75 Å². The molecule has 148 valence electrons. The lowest BCUT2D eigenvalue weighted by molar-refractivity contribution is -0.124. The molecule has 2 amide bonds. The molecule has 6 nitrogen and oxygen atoms in total. The van der Waals surface area contributed by atoms with Gasteiger partial charge in [-0.3, -0.25) is 9.59 Å². The highest BCUT2D eigenvalue weighted by atomic mass is 32.2. The Bertz CT molecular complexity index is 1020. The number of hydrogen-bond acceptors (Lipinski definition) is 5.